The van der Waals surface area contributed by atoms with Gasteiger partial charge < -0.3 is 9.26 Å². The number of nitrogens with one attached hydrogen (secondary N) is 1. The number of benzene rings is 1. The molecule has 2 aromatic heterocycles. The fraction of sp³-hybridized carbons (Fsp3) is 0.278. The van der Waals surface area contributed by atoms with Crippen molar-refractivity contribution in [3.8, 4) is 17.1 Å². The van der Waals surface area contributed by atoms with Crippen LogP contribution in [0.2, 0.25) is 0 Å². The minimum atomic E-state index is -3.70. The van der Waals surface area contributed by atoms with Gasteiger partial charge in [-0.2, -0.15) is 0 Å². The fourth-order valence-corrected chi connectivity index (χ4v) is 3.88. The van der Waals surface area contributed by atoms with Gasteiger partial charge in [0.2, 0.25) is 15.9 Å². The minimum absolute atomic E-state index is 0.0599. The summed E-state index contributed by atoms with van der Waals surface area (Å²) in [6, 6.07) is 11.5. The highest BCUT2D eigenvalue weighted by Gasteiger charge is 2.23. The lowest BCUT2D eigenvalue weighted by atomic mass is 10.1. The summed E-state index contributed by atoms with van der Waals surface area (Å²) in [6.07, 6.45) is 0. The molecule has 0 amide bonds. The number of sulfonamides is 1. The molecule has 0 bridgehead atoms. The maximum Gasteiger partial charge on any atom is 0.246 e. The highest BCUT2D eigenvalue weighted by molar-refractivity contribution is 7.89. The Balaban J connectivity index is 1.54. The van der Waals surface area contributed by atoms with Crippen molar-refractivity contribution in [3.05, 3.63) is 53.4 Å². The zero-order valence-corrected chi connectivity index (χ0v) is 16.1. The van der Waals surface area contributed by atoms with Crippen molar-refractivity contribution in [2.45, 2.75) is 25.7 Å². The number of rotatable bonds is 7. The van der Waals surface area contributed by atoms with Crippen molar-refractivity contribution >= 4 is 10.0 Å². The van der Waals surface area contributed by atoms with Gasteiger partial charge >= 0.3 is 0 Å². The molecule has 1 N–H and O–H groups in total. The summed E-state index contributed by atoms with van der Waals surface area (Å²) in [5.74, 6) is 0.570. The molecule has 142 valence electrons. The summed E-state index contributed by atoms with van der Waals surface area (Å²) in [5.41, 5.74) is 3.19. The van der Waals surface area contributed by atoms with E-state index in [1.54, 1.807) is 26.0 Å². The number of aryl methyl sites for hydroxylation is 3. The largest absolute Gasteiger partial charge is 0.475 e. The molecule has 0 unspecified atom stereocenters. The van der Waals surface area contributed by atoms with E-state index in [4.69, 9.17) is 9.26 Å². The summed E-state index contributed by atoms with van der Waals surface area (Å²) < 4.78 is 37.4. The second kappa shape index (κ2) is 7.85. The Morgan fingerprint density at radius 2 is 1.78 bits per heavy atom. The summed E-state index contributed by atoms with van der Waals surface area (Å²) in [7, 11) is -3.70. The van der Waals surface area contributed by atoms with Crippen LogP contribution in [-0.4, -0.2) is 36.9 Å². The predicted octanol–water partition coefficient (Wildman–Crippen LogP) is 2.41. The zero-order valence-electron chi connectivity index (χ0n) is 15.3. The van der Waals surface area contributed by atoms with E-state index in [-0.39, 0.29) is 23.8 Å². The Morgan fingerprint density at radius 1 is 1.04 bits per heavy atom. The number of hydrogen-bond acceptors (Lipinski definition) is 7. The van der Waals surface area contributed by atoms with Gasteiger partial charge in [-0.05, 0) is 26.8 Å². The Kier molecular flexibility index (Phi) is 5.52. The molecule has 0 saturated heterocycles. The van der Waals surface area contributed by atoms with Crippen LogP contribution in [-0.2, 0) is 10.0 Å². The third kappa shape index (κ3) is 4.50. The van der Waals surface area contributed by atoms with Gasteiger partial charge in [0.15, 0.2) is 5.76 Å². The highest BCUT2D eigenvalue weighted by Crippen LogP contribution is 2.19. The average Bonchev–Trinajstić information content (AvgIpc) is 2.99. The number of ether oxygens (including phenoxy) is 1. The van der Waals surface area contributed by atoms with E-state index in [2.05, 4.69) is 20.1 Å². The quantitative estimate of drug-likeness (QED) is 0.619. The van der Waals surface area contributed by atoms with E-state index in [1.807, 2.05) is 31.2 Å². The molecular formula is C18H20N4O4S. The van der Waals surface area contributed by atoms with E-state index >= 15 is 0 Å². The number of nitrogens with zero attached hydrogens (tertiary/aromatic N) is 3. The molecule has 8 nitrogen and oxygen atoms in total. The molecule has 0 radical (unpaired) electrons. The first kappa shape index (κ1) is 19.0. The van der Waals surface area contributed by atoms with Crippen LogP contribution in [0.3, 0.4) is 0 Å². The first-order chi connectivity index (χ1) is 12.9. The Labute approximate surface area is 157 Å². The summed E-state index contributed by atoms with van der Waals surface area (Å²) in [5, 5.41) is 11.8. The molecule has 3 rings (SSSR count). The lowest BCUT2D eigenvalue weighted by molar-refractivity contribution is 0.307. The fourth-order valence-electron chi connectivity index (χ4n) is 2.54. The molecule has 0 fully saturated rings. The zero-order chi connectivity index (χ0) is 19.4. The SMILES string of the molecule is Cc1ccc(-c2ccc(OCCNS(=O)(=O)c3c(C)noc3C)nn2)cc1. The Hall–Kier alpha value is -2.78. The van der Waals surface area contributed by atoms with E-state index in [0.29, 0.717) is 11.6 Å². The first-order valence-electron chi connectivity index (χ1n) is 8.33. The molecule has 0 saturated carbocycles. The average molecular weight is 388 g/mol. The van der Waals surface area contributed by atoms with Gasteiger partial charge in [-0.15, -0.1) is 10.2 Å². The van der Waals surface area contributed by atoms with Crippen molar-refractivity contribution in [1.82, 2.24) is 20.1 Å². The predicted molar refractivity (Wildman–Crippen MR) is 98.9 cm³/mol. The lowest BCUT2D eigenvalue weighted by Crippen LogP contribution is -2.29. The van der Waals surface area contributed by atoms with Crippen molar-refractivity contribution in [2.24, 2.45) is 0 Å². The molecule has 0 aliphatic heterocycles. The third-order valence-electron chi connectivity index (χ3n) is 3.87. The van der Waals surface area contributed by atoms with Crippen molar-refractivity contribution < 1.29 is 17.7 Å². The molecule has 9 heteroatoms. The summed E-state index contributed by atoms with van der Waals surface area (Å²) >= 11 is 0. The smallest absolute Gasteiger partial charge is 0.246 e. The van der Waals surface area contributed by atoms with E-state index < -0.39 is 10.0 Å². The van der Waals surface area contributed by atoms with Gasteiger partial charge in [0.1, 0.15) is 17.2 Å². The van der Waals surface area contributed by atoms with Gasteiger partial charge in [-0.3, -0.25) is 0 Å². The molecular weight excluding hydrogens is 368 g/mol. The molecule has 2 heterocycles. The molecule has 0 spiro atoms. The van der Waals surface area contributed by atoms with E-state index in [0.717, 1.165) is 11.3 Å². The van der Waals surface area contributed by atoms with Crippen LogP contribution in [0.5, 0.6) is 5.88 Å². The van der Waals surface area contributed by atoms with Crippen LogP contribution in [0.25, 0.3) is 11.3 Å². The molecule has 1 aromatic carbocycles. The van der Waals surface area contributed by atoms with Crippen molar-refractivity contribution in [2.75, 3.05) is 13.2 Å². The molecule has 0 aliphatic rings. The van der Waals surface area contributed by atoms with Crippen LogP contribution in [0.15, 0.2) is 45.8 Å². The molecule has 0 aliphatic carbocycles. The summed E-state index contributed by atoms with van der Waals surface area (Å²) in [4.78, 5) is 0.0599. The molecule has 0 atom stereocenters. The maximum atomic E-state index is 12.3. The van der Waals surface area contributed by atoms with Crippen LogP contribution in [0.1, 0.15) is 17.0 Å². The molecule has 3 aromatic rings. The second-order valence-corrected chi connectivity index (χ2v) is 7.73. The maximum absolute atomic E-state index is 12.3. The van der Waals surface area contributed by atoms with Crippen LogP contribution < -0.4 is 9.46 Å². The molecule has 27 heavy (non-hydrogen) atoms. The van der Waals surface area contributed by atoms with Gasteiger partial charge in [-0.25, -0.2) is 13.1 Å². The van der Waals surface area contributed by atoms with E-state index in [9.17, 15) is 8.42 Å². The standard InChI is InChI=1S/C18H20N4O4S/c1-12-4-6-15(7-5-12)16-8-9-17(21-20-16)25-11-10-19-27(23,24)18-13(2)22-26-14(18)3/h4-9,19H,10-11H2,1-3H3. The van der Waals surface area contributed by atoms with Gasteiger partial charge in [-0.1, -0.05) is 35.0 Å². The number of aromatic nitrogens is 3. The van der Waals surface area contributed by atoms with Gasteiger partial charge in [0.05, 0.1) is 5.69 Å². The van der Waals surface area contributed by atoms with Crippen molar-refractivity contribution in [3.63, 3.8) is 0 Å². The third-order valence-corrected chi connectivity index (χ3v) is 5.57. The Bertz CT molecular complexity index is 993. The van der Waals surface area contributed by atoms with Crippen LogP contribution in [0.4, 0.5) is 0 Å². The van der Waals surface area contributed by atoms with Crippen molar-refractivity contribution in [1.29, 1.82) is 0 Å². The first-order valence-corrected chi connectivity index (χ1v) is 9.81. The second-order valence-electron chi connectivity index (χ2n) is 6.02. The monoisotopic (exact) mass is 388 g/mol. The van der Waals surface area contributed by atoms with Crippen LogP contribution in [0, 0.1) is 20.8 Å². The minimum Gasteiger partial charge on any atom is -0.475 e. The number of hydrogen-bond donors (Lipinski definition) is 1. The van der Waals surface area contributed by atoms with E-state index in [1.165, 1.54) is 5.56 Å². The lowest BCUT2D eigenvalue weighted by Gasteiger charge is -2.08. The van der Waals surface area contributed by atoms with Gasteiger partial charge in [0, 0.05) is 18.2 Å². The topological polar surface area (TPSA) is 107 Å². The summed E-state index contributed by atoms with van der Waals surface area (Å²) in [6.45, 7) is 5.34. The highest BCUT2D eigenvalue weighted by atomic mass is 32.2. The normalized spacial score (nSPS) is 11.5. The van der Waals surface area contributed by atoms with Crippen LogP contribution >= 0.6 is 0 Å². The Morgan fingerprint density at radius 3 is 2.37 bits per heavy atom. The van der Waals surface area contributed by atoms with Gasteiger partial charge in [0.25, 0.3) is 0 Å².